The molecule has 5 nitrogen and oxygen atoms in total. The molecule has 1 aromatic heterocycles. The van der Waals surface area contributed by atoms with E-state index in [2.05, 4.69) is 0 Å². The minimum atomic E-state index is -0.256. The minimum absolute atomic E-state index is 0.160. The Morgan fingerprint density at radius 3 is 1.78 bits per heavy atom. The molecule has 0 fully saturated rings. The van der Waals surface area contributed by atoms with Gasteiger partial charge >= 0.3 is 11.4 Å². The molecular formula is C13H11N3O2. The molecule has 2 aromatic rings. The Labute approximate surface area is 102 Å². The van der Waals surface area contributed by atoms with Crippen molar-refractivity contribution in [2.24, 2.45) is 7.05 Å². The first kappa shape index (κ1) is 9.70. The Hall–Kier alpha value is -2.30. The zero-order valence-corrected chi connectivity index (χ0v) is 9.78. The van der Waals surface area contributed by atoms with Gasteiger partial charge in [0.2, 0.25) is 0 Å². The number of aromatic nitrogens is 3. The summed E-state index contributed by atoms with van der Waals surface area (Å²) in [6, 6.07) is 7.64. The summed E-state index contributed by atoms with van der Waals surface area (Å²) in [6.07, 6.45) is 3.99. The molecule has 1 aromatic carbocycles. The van der Waals surface area contributed by atoms with Gasteiger partial charge in [0.05, 0.1) is 12.1 Å². The van der Waals surface area contributed by atoms with Crippen LogP contribution in [0.1, 0.15) is 23.2 Å². The summed E-state index contributed by atoms with van der Waals surface area (Å²) in [6.45, 7) is 0. The Morgan fingerprint density at radius 2 is 1.33 bits per heavy atom. The number of nitrogens with zero attached hydrogens (tertiary/aromatic N) is 3. The van der Waals surface area contributed by atoms with Gasteiger partial charge in [-0.05, 0) is 11.1 Å². The Bertz CT molecular complexity index is 742. The largest absolute Gasteiger partial charge is 0.347 e. The lowest BCUT2D eigenvalue weighted by Gasteiger charge is -2.35. The lowest BCUT2D eigenvalue weighted by molar-refractivity contribution is 0.371. The summed E-state index contributed by atoms with van der Waals surface area (Å²) in [5, 5.41) is 0. The van der Waals surface area contributed by atoms with Crippen molar-refractivity contribution >= 4 is 0 Å². The van der Waals surface area contributed by atoms with E-state index < -0.39 is 0 Å². The van der Waals surface area contributed by atoms with Crippen molar-refractivity contribution in [2.75, 3.05) is 0 Å². The van der Waals surface area contributed by atoms with Crippen LogP contribution in [0, 0.1) is 0 Å². The zero-order valence-electron chi connectivity index (χ0n) is 9.78. The molecule has 0 N–H and O–H groups in total. The Balaban J connectivity index is 2.16. The molecule has 0 saturated heterocycles. The van der Waals surface area contributed by atoms with Crippen molar-refractivity contribution in [1.82, 2.24) is 13.9 Å². The van der Waals surface area contributed by atoms with Crippen LogP contribution in [0.25, 0.3) is 0 Å². The van der Waals surface area contributed by atoms with E-state index in [0.717, 1.165) is 11.1 Å². The second kappa shape index (κ2) is 2.93. The number of hydrogen-bond donors (Lipinski definition) is 0. The van der Waals surface area contributed by atoms with Crippen molar-refractivity contribution in [1.29, 1.82) is 0 Å². The number of allylic oxidation sites excluding steroid dienone is 2. The molecule has 90 valence electrons. The third kappa shape index (κ3) is 0.895. The molecule has 0 amide bonds. The van der Waals surface area contributed by atoms with Gasteiger partial charge in [-0.1, -0.05) is 36.4 Å². The molecule has 3 heterocycles. The van der Waals surface area contributed by atoms with Crippen LogP contribution in [0.3, 0.4) is 0 Å². The molecule has 2 aliphatic heterocycles. The summed E-state index contributed by atoms with van der Waals surface area (Å²) in [5.74, 6) is 0. The second-order valence-electron chi connectivity index (χ2n) is 4.72. The molecule has 18 heavy (non-hydrogen) atoms. The van der Waals surface area contributed by atoms with E-state index in [0.29, 0.717) is 0 Å². The van der Waals surface area contributed by atoms with Crippen LogP contribution in [-0.4, -0.2) is 13.9 Å². The van der Waals surface area contributed by atoms with E-state index in [9.17, 15) is 9.59 Å². The SMILES string of the molecule is Cn1c(=O)n2n(c1=O)C1C=CC2c2ccccc21. The lowest BCUT2D eigenvalue weighted by Crippen LogP contribution is -2.40. The van der Waals surface area contributed by atoms with Gasteiger partial charge in [-0.15, -0.1) is 0 Å². The summed E-state index contributed by atoms with van der Waals surface area (Å²) in [5.41, 5.74) is 1.71. The first-order chi connectivity index (χ1) is 8.70. The molecule has 2 atom stereocenters. The van der Waals surface area contributed by atoms with E-state index in [1.165, 1.54) is 11.6 Å². The van der Waals surface area contributed by atoms with Gasteiger partial charge in [-0.25, -0.2) is 23.5 Å². The summed E-state index contributed by atoms with van der Waals surface area (Å²) in [7, 11) is 1.52. The number of hydrogen-bond acceptors (Lipinski definition) is 2. The molecule has 0 spiro atoms. The average molecular weight is 241 g/mol. The maximum atomic E-state index is 12.1. The maximum absolute atomic E-state index is 12.1. The fraction of sp³-hybridized carbons (Fsp3) is 0.231. The second-order valence-corrected chi connectivity index (χ2v) is 4.72. The van der Waals surface area contributed by atoms with Crippen molar-refractivity contribution in [3.63, 3.8) is 0 Å². The molecule has 5 rings (SSSR count). The third-order valence-corrected chi connectivity index (χ3v) is 3.83. The Morgan fingerprint density at radius 1 is 0.889 bits per heavy atom. The highest BCUT2D eigenvalue weighted by Gasteiger charge is 2.36. The summed E-state index contributed by atoms with van der Waals surface area (Å²) in [4.78, 5) is 24.2. The fourth-order valence-corrected chi connectivity index (χ4v) is 2.97. The maximum Gasteiger partial charge on any atom is 0.347 e. The molecule has 3 aliphatic rings. The van der Waals surface area contributed by atoms with Crippen LogP contribution in [0.4, 0.5) is 0 Å². The van der Waals surface area contributed by atoms with Crippen LogP contribution in [0.2, 0.25) is 0 Å². The van der Waals surface area contributed by atoms with Gasteiger partial charge in [-0.2, -0.15) is 0 Å². The normalized spacial score (nSPS) is 22.9. The van der Waals surface area contributed by atoms with E-state index in [4.69, 9.17) is 0 Å². The van der Waals surface area contributed by atoms with Gasteiger partial charge in [0.1, 0.15) is 0 Å². The highest BCUT2D eigenvalue weighted by Crippen LogP contribution is 2.38. The minimum Gasteiger partial charge on any atom is -0.246 e. The molecule has 5 heteroatoms. The quantitative estimate of drug-likeness (QED) is 0.627. The van der Waals surface area contributed by atoms with E-state index in [-0.39, 0.29) is 23.5 Å². The molecular weight excluding hydrogens is 230 g/mol. The smallest absolute Gasteiger partial charge is 0.246 e. The van der Waals surface area contributed by atoms with Gasteiger partial charge in [0, 0.05) is 7.05 Å². The van der Waals surface area contributed by atoms with Crippen molar-refractivity contribution in [2.45, 2.75) is 12.1 Å². The van der Waals surface area contributed by atoms with Gasteiger partial charge < -0.3 is 0 Å². The van der Waals surface area contributed by atoms with E-state index >= 15 is 0 Å². The molecule has 0 saturated carbocycles. The van der Waals surface area contributed by atoms with Crippen LogP contribution >= 0.6 is 0 Å². The van der Waals surface area contributed by atoms with Gasteiger partial charge in [0.25, 0.3) is 0 Å². The van der Waals surface area contributed by atoms with E-state index in [1.807, 2.05) is 36.4 Å². The Kier molecular flexibility index (Phi) is 1.58. The third-order valence-electron chi connectivity index (χ3n) is 3.83. The first-order valence-corrected chi connectivity index (χ1v) is 5.87. The van der Waals surface area contributed by atoms with Crippen LogP contribution in [0.5, 0.6) is 0 Å². The molecule has 0 radical (unpaired) electrons. The standard InChI is InChI=1S/C13H11N3O2/c1-14-12(17)15-10-6-7-11(16(15)13(14)18)9-5-3-2-4-8(9)10/h2-7,10-11H,1H3. The van der Waals surface area contributed by atoms with Crippen LogP contribution in [-0.2, 0) is 7.05 Å². The average Bonchev–Trinajstić information content (AvgIpc) is 2.66. The van der Waals surface area contributed by atoms with Crippen LogP contribution in [0.15, 0.2) is 46.0 Å². The van der Waals surface area contributed by atoms with Gasteiger partial charge in [0.15, 0.2) is 0 Å². The van der Waals surface area contributed by atoms with Gasteiger partial charge in [-0.3, -0.25) is 0 Å². The van der Waals surface area contributed by atoms with Crippen molar-refractivity contribution in [3.8, 4) is 0 Å². The predicted molar refractivity (Wildman–Crippen MR) is 65.8 cm³/mol. The fourth-order valence-electron chi connectivity index (χ4n) is 2.97. The van der Waals surface area contributed by atoms with Crippen LogP contribution < -0.4 is 11.4 Å². The topological polar surface area (TPSA) is 48.9 Å². The lowest BCUT2D eigenvalue weighted by atomic mass is 9.88. The summed E-state index contributed by atoms with van der Waals surface area (Å²) >= 11 is 0. The zero-order chi connectivity index (χ0) is 12.4. The van der Waals surface area contributed by atoms with Crippen molar-refractivity contribution in [3.05, 3.63) is 68.5 Å². The monoisotopic (exact) mass is 241 g/mol. The number of rotatable bonds is 0. The summed E-state index contributed by atoms with van der Waals surface area (Å²) < 4.78 is 4.27. The highest BCUT2D eigenvalue weighted by molar-refractivity contribution is 5.43. The molecule has 2 unspecified atom stereocenters. The highest BCUT2D eigenvalue weighted by atomic mass is 16.2. The number of benzene rings is 1. The van der Waals surface area contributed by atoms with Crippen molar-refractivity contribution < 1.29 is 0 Å². The molecule has 1 aliphatic carbocycles. The van der Waals surface area contributed by atoms with E-state index in [1.54, 1.807) is 9.36 Å². The molecule has 2 bridgehead atoms. The predicted octanol–water partition coefficient (Wildman–Crippen LogP) is 0.410. The first-order valence-electron chi connectivity index (χ1n) is 5.87.